The Balaban J connectivity index is 3.27. The molecule has 0 saturated carbocycles. The summed E-state index contributed by atoms with van der Waals surface area (Å²) >= 11 is 0. The van der Waals surface area contributed by atoms with E-state index in [4.69, 9.17) is 11.1 Å². The molecular formula is C14H25N5. The number of unbranched alkanes of at least 4 members (excludes halogenated alkanes) is 1. The molecule has 0 aliphatic rings. The predicted octanol–water partition coefficient (Wildman–Crippen LogP) is 2.12. The maximum absolute atomic E-state index is 7.85. The Morgan fingerprint density at radius 1 is 1.21 bits per heavy atom. The van der Waals surface area contributed by atoms with E-state index in [1.54, 1.807) is 0 Å². The van der Waals surface area contributed by atoms with Crippen molar-refractivity contribution in [3.05, 3.63) is 16.8 Å². The van der Waals surface area contributed by atoms with Crippen LogP contribution in [-0.4, -0.2) is 29.6 Å². The Bertz CT molecular complexity index is 442. The van der Waals surface area contributed by atoms with Crippen LogP contribution in [0.4, 0.5) is 5.82 Å². The minimum Gasteiger partial charge on any atom is -0.384 e. The van der Waals surface area contributed by atoms with Gasteiger partial charge in [0.25, 0.3) is 0 Å². The normalized spacial score (nSPS) is 10.5. The first-order valence-corrected chi connectivity index (χ1v) is 7.00. The van der Waals surface area contributed by atoms with Gasteiger partial charge in [0, 0.05) is 13.6 Å². The largest absolute Gasteiger partial charge is 0.384 e. The number of anilines is 1. The fraction of sp³-hybridized carbons (Fsp3) is 0.643. The van der Waals surface area contributed by atoms with Crippen LogP contribution >= 0.6 is 0 Å². The van der Waals surface area contributed by atoms with E-state index in [0.29, 0.717) is 0 Å². The highest BCUT2D eigenvalue weighted by Gasteiger charge is 2.19. The van der Waals surface area contributed by atoms with Gasteiger partial charge in [-0.1, -0.05) is 27.2 Å². The first kappa shape index (κ1) is 15.4. The third-order valence-corrected chi connectivity index (χ3v) is 3.31. The summed E-state index contributed by atoms with van der Waals surface area (Å²) in [5, 5.41) is 16.4. The number of nitrogens with two attached hydrogens (primary N) is 1. The van der Waals surface area contributed by atoms with E-state index in [1.165, 1.54) is 0 Å². The van der Waals surface area contributed by atoms with Gasteiger partial charge >= 0.3 is 0 Å². The topological polar surface area (TPSA) is 78.9 Å². The molecule has 1 aromatic heterocycles. The number of rotatable bonds is 7. The standard InChI is InChI=1S/C14H25N5/c1-5-8-9-19(4)14-12(13(15)16)10(6-2)11(7-3)17-18-14/h5-9H2,1-4H3,(H3,15,16). The molecule has 0 bridgehead atoms. The van der Waals surface area contributed by atoms with Crippen molar-refractivity contribution in [2.24, 2.45) is 5.73 Å². The second-order valence-corrected chi connectivity index (χ2v) is 4.72. The van der Waals surface area contributed by atoms with Crippen LogP contribution in [0.15, 0.2) is 0 Å². The lowest BCUT2D eigenvalue weighted by molar-refractivity contribution is 0.745. The number of hydrogen-bond donors (Lipinski definition) is 2. The molecule has 3 N–H and O–H groups in total. The zero-order chi connectivity index (χ0) is 14.4. The molecule has 0 aromatic carbocycles. The lowest BCUT2D eigenvalue weighted by Gasteiger charge is -2.22. The van der Waals surface area contributed by atoms with Gasteiger partial charge in [-0.2, -0.15) is 5.10 Å². The lowest BCUT2D eigenvalue weighted by Crippen LogP contribution is -2.27. The molecule has 19 heavy (non-hydrogen) atoms. The van der Waals surface area contributed by atoms with Crippen molar-refractivity contribution in [1.82, 2.24) is 10.2 Å². The van der Waals surface area contributed by atoms with Crippen molar-refractivity contribution in [2.75, 3.05) is 18.5 Å². The van der Waals surface area contributed by atoms with Crippen molar-refractivity contribution in [3.63, 3.8) is 0 Å². The van der Waals surface area contributed by atoms with Gasteiger partial charge in [0.15, 0.2) is 5.82 Å². The first-order chi connectivity index (χ1) is 9.06. The van der Waals surface area contributed by atoms with Crippen molar-refractivity contribution in [3.8, 4) is 0 Å². The van der Waals surface area contributed by atoms with Crippen LogP contribution in [0.1, 0.15) is 50.4 Å². The van der Waals surface area contributed by atoms with Gasteiger partial charge < -0.3 is 10.6 Å². The highest BCUT2D eigenvalue weighted by molar-refractivity contribution is 6.01. The molecular weight excluding hydrogens is 238 g/mol. The number of aryl methyl sites for hydroxylation is 1. The molecule has 1 rings (SSSR count). The minimum absolute atomic E-state index is 0.0831. The van der Waals surface area contributed by atoms with Gasteiger partial charge in [0.2, 0.25) is 0 Å². The van der Waals surface area contributed by atoms with Crippen LogP contribution in [0.5, 0.6) is 0 Å². The molecule has 1 heterocycles. The molecule has 0 fully saturated rings. The minimum atomic E-state index is 0.0831. The van der Waals surface area contributed by atoms with Crippen LogP contribution < -0.4 is 10.6 Å². The van der Waals surface area contributed by atoms with Gasteiger partial charge in [-0.15, -0.1) is 5.10 Å². The molecule has 0 spiro atoms. The van der Waals surface area contributed by atoms with E-state index in [2.05, 4.69) is 24.0 Å². The number of aromatic nitrogens is 2. The van der Waals surface area contributed by atoms with E-state index in [-0.39, 0.29) is 5.84 Å². The summed E-state index contributed by atoms with van der Waals surface area (Å²) in [7, 11) is 1.98. The maximum atomic E-state index is 7.85. The average Bonchev–Trinajstić information content (AvgIpc) is 2.42. The van der Waals surface area contributed by atoms with Crippen molar-refractivity contribution in [1.29, 1.82) is 5.41 Å². The molecule has 5 nitrogen and oxygen atoms in total. The fourth-order valence-electron chi connectivity index (χ4n) is 2.21. The van der Waals surface area contributed by atoms with Crippen LogP contribution in [0.3, 0.4) is 0 Å². The van der Waals surface area contributed by atoms with Crippen LogP contribution in [0.2, 0.25) is 0 Å². The summed E-state index contributed by atoms with van der Waals surface area (Å²) < 4.78 is 0. The summed E-state index contributed by atoms with van der Waals surface area (Å²) in [6.07, 6.45) is 3.85. The monoisotopic (exact) mass is 263 g/mol. The fourth-order valence-corrected chi connectivity index (χ4v) is 2.21. The third kappa shape index (κ3) is 3.43. The summed E-state index contributed by atoms with van der Waals surface area (Å²) in [5.41, 5.74) is 8.53. The number of nitrogen functional groups attached to an aromatic ring is 1. The Labute approximate surface area is 115 Å². The van der Waals surface area contributed by atoms with E-state index in [1.807, 2.05) is 18.9 Å². The zero-order valence-electron chi connectivity index (χ0n) is 12.5. The second-order valence-electron chi connectivity index (χ2n) is 4.72. The number of nitrogens with zero attached hydrogens (tertiary/aromatic N) is 3. The molecule has 0 aliphatic carbocycles. The van der Waals surface area contributed by atoms with Crippen molar-refractivity contribution in [2.45, 2.75) is 46.5 Å². The maximum Gasteiger partial charge on any atom is 0.162 e. The Kier molecular flexibility index (Phi) is 5.73. The highest BCUT2D eigenvalue weighted by atomic mass is 15.2. The molecule has 0 unspecified atom stereocenters. The molecule has 5 heteroatoms. The smallest absolute Gasteiger partial charge is 0.162 e. The van der Waals surface area contributed by atoms with Gasteiger partial charge in [0.1, 0.15) is 5.84 Å². The number of hydrogen-bond acceptors (Lipinski definition) is 4. The second kappa shape index (κ2) is 7.07. The van der Waals surface area contributed by atoms with Gasteiger partial charge in [-0.05, 0) is 24.8 Å². The van der Waals surface area contributed by atoms with Crippen molar-refractivity contribution < 1.29 is 0 Å². The quantitative estimate of drug-likeness (QED) is 0.583. The van der Waals surface area contributed by atoms with Crippen LogP contribution in [0, 0.1) is 5.41 Å². The third-order valence-electron chi connectivity index (χ3n) is 3.31. The Morgan fingerprint density at radius 2 is 1.89 bits per heavy atom. The SMILES string of the molecule is CCCCN(C)c1nnc(CC)c(CC)c1C(=N)N. The van der Waals surface area contributed by atoms with Gasteiger partial charge in [-0.3, -0.25) is 5.41 Å². The molecule has 0 atom stereocenters. The van der Waals surface area contributed by atoms with Crippen LogP contribution in [-0.2, 0) is 12.8 Å². The van der Waals surface area contributed by atoms with E-state index < -0.39 is 0 Å². The summed E-state index contributed by atoms with van der Waals surface area (Å²) in [6.45, 7) is 7.18. The molecule has 0 aliphatic heterocycles. The van der Waals surface area contributed by atoms with Gasteiger partial charge in [0.05, 0.1) is 11.3 Å². The summed E-state index contributed by atoms with van der Waals surface area (Å²) in [4.78, 5) is 2.05. The molecule has 106 valence electrons. The number of amidine groups is 1. The summed E-state index contributed by atoms with van der Waals surface area (Å²) in [5.74, 6) is 0.815. The lowest BCUT2D eigenvalue weighted by atomic mass is 10.0. The van der Waals surface area contributed by atoms with Gasteiger partial charge in [-0.25, -0.2) is 0 Å². The molecule has 0 radical (unpaired) electrons. The highest BCUT2D eigenvalue weighted by Crippen LogP contribution is 2.23. The Hall–Kier alpha value is -1.65. The average molecular weight is 263 g/mol. The molecule has 0 saturated heterocycles. The molecule has 0 amide bonds. The predicted molar refractivity (Wildman–Crippen MR) is 80.0 cm³/mol. The number of nitrogens with one attached hydrogen (secondary N) is 1. The van der Waals surface area contributed by atoms with E-state index >= 15 is 0 Å². The summed E-state index contributed by atoms with van der Waals surface area (Å²) in [6, 6.07) is 0. The van der Waals surface area contributed by atoms with Crippen LogP contribution in [0.25, 0.3) is 0 Å². The van der Waals surface area contributed by atoms with Crippen molar-refractivity contribution >= 4 is 11.7 Å². The van der Waals surface area contributed by atoms with E-state index in [0.717, 1.165) is 54.9 Å². The first-order valence-electron chi connectivity index (χ1n) is 7.00. The van der Waals surface area contributed by atoms with E-state index in [9.17, 15) is 0 Å². The zero-order valence-corrected chi connectivity index (χ0v) is 12.5. The molecule has 1 aromatic rings. The Morgan fingerprint density at radius 3 is 2.37 bits per heavy atom.